The first-order valence-corrected chi connectivity index (χ1v) is 11.0. The summed E-state index contributed by atoms with van der Waals surface area (Å²) < 4.78 is 14.3. The van der Waals surface area contributed by atoms with Crippen LogP contribution in [0, 0.1) is 5.82 Å². The van der Waals surface area contributed by atoms with E-state index < -0.39 is 17.3 Å². The largest absolute Gasteiger partial charge is 0.387 e. The summed E-state index contributed by atoms with van der Waals surface area (Å²) in [7, 11) is 0. The van der Waals surface area contributed by atoms with Crippen molar-refractivity contribution in [1.29, 1.82) is 0 Å². The highest BCUT2D eigenvalue weighted by Gasteiger charge is 2.53. The Bertz CT molecular complexity index is 1140. The van der Waals surface area contributed by atoms with E-state index >= 15 is 0 Å². The fraction of sp³-hybridized carbons (Fsp3) is 0.391. The molecule has 2 heterocycles. The fourth-order valence-corrected chi connectivity index (χ4v) is 4.95. The first kappa shape index (κ1) is 20.3. The molecule has 1 aliphatic heterocycles. The number of nitrogens with one attached hydrogen (secondary N) is 2. The average Bonchev–Trinajstić information content (AvgIpc) is 3.45. The van der Waals surface area contributed by atoms with E-state index in [0.717, 1.165) is 37.7 Å². The number of hydrogen-bond donors (Lipinski definition) is 3. The normalized spacial score (nSPS) is 18.7. The molecule has 1 aromatic heterocycles. The monoisotopic (exact) mass is 442 g/mol. The number of benzene rings is 2. The lowest BCUT2D eigenvalue weighted by atomic mass is 9.84. The number of H-pyrrole nitrogens is 1. The van der Waals surface area contributed by atoms with Crippen LogP contribution in [0.15, 0.2) is 36.5 Å². The van der Waals surface area contributed by atoms with Gasteiger partial charge in [-0.2, -0.15) is 5.10 Å². The van der Waals surface area contributed by atoms with E-state index in [1.54, 1.807) is 29.3 Å². The maximum absolute atomic E-state index is 14.3. The molecule has 2 amide bonds. The van der Waals surface area contributed by atoms with Crippen molar-refractivity contribution in [2.45, 2.75) is 43.6 Å². The van der Waals surface area contributed by atoms with Gasteiger partial charge in [-0.3, -0.25) is 5.10 Å². The Morgan fingerprint density at radius 3 is 2.74 bits per heavy atom. The summed E-state index contributed by atoms with van der Waals surface area (Å²) in [6.07, 6.45) is 5.18. The summed E-state index contributed by atoms with van der Waals surface area (Å²) in [6.45, 7) is 1.44. The van der Waals surface area contributed by atoms with E-state index in [4.69, 9.17) is 11.6 Å². The summed E-state index contributed by atoms with van der Waals surface area (Å²) in [5.41, 5.74) is 1.78. The van der Waals surface area contributed by atoms with Crippen LogP contribution in [0.3, 0.4) is 0 Å². The van der Waals surface area contributed by atoms with Crippen LogP contribution < -0.4 is 5.32 Å². The van der Waals surface area contributed by atoms with Crippen molar-refractivity contribution < 1.29 is 14.3 Å². The number of hydrogen-bond acceptors (Lipinski definition) is 3. The maximum Gasteiger partial charge on any atom is 0.321 e. The number of nitrogens with zero attached hydrogens (tertiary/aromatic N) is 2. The number of carbonyl (C=O) groups is 1. The first-order valence-electron chi connectivity index (χ1n) is 10.6. The molecule has 0 bridgehead atoms. The summed E-state index contributed by atoms with van der Waals surface area (Å²) in [6, 6.07) is 7.67. The van der Waals surface area contributed by atoms with Gasteiger partial charge in [0.25, 0.3) is 0 Å². The van der Waals surface area contributed by atoms with Crippen LogP contribution in [-0.2, 0) is 5.41 Å². The van der Waals surface area contributed by atoms with Crippen molar-refractivity contribution in [2.75, 3.05) is 18.4 Å². The molecule has 31 heavy (non-hydrogen) atoms. The number of fused-ring (bicyclic) bond motifs is 1. The maximum atomic E-state index is 14.3. The molecule has 6 nitrogen and oxygen atoms in total. The number of rotatable bonds is 4. The van der Waals surface area contributed by atoms with Crippen LogP contribution in [0.5, 0.6) is 0 Å². The van der Waals surface area contributed by atoms with E-state index in [9.17, 15) is 14.3 Å². The molecule has 0 spiro atoms. The smallest absolute Gasteiger partial charge is 0.321 e. The number of aromatic amines is 1. The van der Waals surface area contributed by atoms with Crippen molar-refractivity contribution >= 4 is 34.2 Å². The topological polar surface area (TPSA) is 81.2 Å². The van der Waals surface area contributed by atoms with Crippen LogP contribution in [0.25, 0.3) is 10.9 Å². The zero-order chi connectivity index (χ0) is 21.6. The Labute approximate surface area is 184 Å². The van der Waals surface area contributed by atoms with E-state index in [2.05, 4.69) is 15.5 Å². The van der Waals surface area contributed by atoms with Gasteiger partial charge in [-0.25, -0.2) is 9.18 Å². The number of carbonyl (C=O) groups excluding carboxylic acids is 1. The van der Waals surface area contributed by atoms with Gasteiger partial charge in [0.05, 0.1) is 17.8 Å². The lowest BCUT2D eigenvalue weighted by Crippen LogP contribution is -2.39. The number of aromatic nitrogens is 2. The molecule has 1 unspecified atom stereocenters. The fourth-order valence-electron chi connectivity index (χ4n) is 4.71. The third kappa shape index (κ3) is 3.66. The quantitative estimate of drug-likeness (QED) is 0.523. The van der Waals surface area contributed by atoms with Crippen LogP contribution in [0.4, 0.5) is 14.9 Å². The van der Waals surface area contributed by atoms with Crippen LogP contribution >= 0.6 is 11.6 Å². The van der Waals surface area contributed by atoms with Crippen LogP contribution in [0.1, 0.15) is 49.3 Å². The molecule has 1 saturated carbocycles. The number of piperidine rings is 1. The Kier molecular flexibility index (Phi) is 5.10. The van der Waals surface area contributed by atoms with Gasteiger partial charge in [-0.15, -0.1) is 0 Å². The van der Waals surface area contributed by atoms with Gasteiger partial charge in [0.15, 0.2) is 0 Å². The van der Waals surface area contributed by atoms with Gasteiger partial charge in [0, 0.05) is 40.2 Å². The van der Waals surface area contributed by atoms with Crippen molar-refractivity contribution in [1.82, 2.24) is 15.1 Å². The summed E-state index contributed by atoms with van der Waals surface area (Å²) in [5, 5.41) is 22.7. The second-order valence-corrected chi connectivity index (χ2v) is 8.99. The Morgan fingerprint density at radius 1 is 1.23 bits per heavy atom. The molecule has 8 heteroatoms. The third-order valence-electron chi connectivity index (χ3n) is 6.55. The van der Waals surface area contributed by atoms with Gasteiger partial charge in [0.1, 0.15) is 5.82 Å². The second-order valence-electron chi connectivity index (χ2n) is 8.56. The highest BCUT2D eigenvalue weighted by Crippen LogP contribution is 2.59. The average molecular weight is 443 g/mol. The molecule has 1 saturated heterocycles. The van der Waals surface area contributed by atoms with E-state index in [1.165, 1.54) is 12.1 Å². The zero-order valence-corrected chi connectivity index (χ0v) is 17.8. The van der Waals surface area contributed by atoms with Crippen LogP contribution in [0.2, 0.25) is 5.02 Å². The molecule has 2 aromatic carbocycles. The number of aliphatic hydroxyl groups excluding tert-OH is 1. The highest BCUT2D eigenvalue weighted by molar-refractivity contribution is 6.31. The van der Waals surface area contributed by atoms with Gasteiger partial charge < -0.3 is 15.3 Å². The minimum atomic E-state index is -0.929. The molecule has 0 radical (unpaired) electrons. The number of halogens is 2. The van der Waals surface area contributed by atoms with Crippen molar-refractivity contribution in [3.8, 4) is 0 Å². The third-order valence-corrected chi connectivity index (χ3v) is 6.77. The highest BCUT2D eigenvalue weighted by atomic mass is 35.5. The van der Waals surface area contributed by atoms with Gasteiger partial charge in [-0.1, -0.05) is 11.6 Å². The van der Waals surface area contributed by atoms with E-state index in [-0.39, 0.29) is 6.03 Å². The molecule has 3 N–H and O–H groups in total. The molecule has 1 aliphatic carbocycles. The zero-order valence-electron chi connectivity index (χ0n) is 17.0. The Balaban J connectivity index is 1.51. The predicted octanol–water partition coefficient (Wildman–Crippen LogP) is 5.14. The van der Waals surface area contributed by atoms with E-state index in [0.29, 0.717) is 40.2 Å². The van der Waals surface area contributed by atoms with Gasteiger partial charge in [-0.05, 0) is 68.0 Å². The summed E-state index contributed by atoms with van der Waals surface area (Å²) in [4.78, 5) is 14.6. The standard InChI is InChI=1S/C23H24ClFN4O2/c24-15-10-14-13-26-28-20(14)17(11-15)21(30)23(6-7-23)18-12-16(25)4-5-19(18)27-22(31)29-8-2-1-3-9-29/h4-5,10-13,21,30H,1-3,6-9H2,(H,26,28)(H,27,31). The molecule has 2 fully saturated rings. The molecule has 5 rings (SSSR count). The molecule has 162 valence electrons. The second kappa shape index (κ2) is 7.80. The number of likely N-dealkylation sites (tertiary alicyclic amines) is 1. The van der Waals surface area contributed by atoms with Gasteiger partial charge >= 0.3 is 6.03 Å². The van der Waals surface area contributed by atoms with Crippen molar-refractivity contribution in [3.05, 3.63) is 58.5 Å². The minimum Gasteiger partial charge on any atom is -0.387 e. The lowest BCUT2D eigenvalue weighted by Gasteiger charge is -2.29. The predicted molar refractivity (Wildman–Crippen MR) is 118 cm³/mol. The molecular formula is C23H24ClFN4O2. The molecule has 2 aliphatic rings. The van der Waals surface area contributed by atoms with Crippen molar-refractivity contribution in [2.24, 2.45) is 0 Å². The molecule has 3 aromatic rings. The van der Waals surface area contributed by atoms with Crippen LogP contribution in [-0.4, -0.2) is 39.3 Å². The van der Waals surface area contributed by atoms with Gasteiger partial charge in [0.2, 0.25) is 0 Å². The molecular weight excluding hydrogens is 419 g/mol. The Hall–Kier alpha value is -2.64. The van der Waals surface area contributed by atoms with Crippen molar-refractivity contribution in [3.63, 3.8) is 0 Å². The Morgan fingerprint density at radius 2 is 2.00 bits per heavy atom. The SMILES string of the molecule is O=C(Nc1ccc(F)cc1C1(C(O)c2cc(Cl)cc3cn[nH]c23)CC1)N1CCCCC1. The number of anilines is 1. The number of aliphatic hydroxyl groups is 1. The minimum absolute atomic E-state index is 0.184. The number of amides is 2. The lowest BCUT2D eigenvalue weighted by molar-refractivity contribution is 0.134. The summed E-state index contributed by atoms with van der Waals surface area (Å²) >= 11 is 6.28. The summed E-state index contributed by atoms with van der Waals surface area (Å²) in [5.74, 6) is -0.401. The molecule has 1 atom stereocenters. The number of urea groups is 1. The van der Waals surface area contributed by atoms with E-state index in [1.807, 2.05) is 0 Å². The first-order chi connectivity index (χ1) is 15.0.